The fourth-order valence-corrected chi connectivity index (χ4v) is 5.59. The molecule has 0 saturated carbocycles. The number of hydrogen-bond acceptors (Lipinski definition) is 5. The number of sulfonamides is 1. The van der Waals surface area contributed by atoms with Crippen LogP contribution in [0.1, 0.15) is 26.3 Å². The second-order valence-electron chi connectivity index (χ2n) is 9.15. The average Bonchev–Trinajstić information content (AvgIpc) is 2.91. The highest BCUT2D eigenvalue weighted by molar-refractivity contribution is 9.10. The van der Waals surface area contributed by atoms with E-state index >= 15 is 0 Å². The topological polar surface area (TPSA) is 96.0 Å². The zero-order valence-corrected chi connectivity index (χ0v) is 25.3. The molecular weight excluding hydrogens is 606 g/mol. The molecular formula is C28H31BrClN3O5S. The molecule has 1 unspecified atom stereocenters. The minimum absolute atomic E-state index is 0.0175. The second-order valence-corrected chi connectivity index (χ2v) is 12.4. The number of nitrogens with zero attached hydrogens (tertiary/aromatic N) is 2. The molecule has 0 saturated heterocycles. The van der Waals surface area contributed by atoms with Crippen molar-refractivity contribution in [2.24, 2.45) is 0 Å². The number of hydrogen-bond donors (Lipinski definition) is 1. The molecule has 0 aliphatic carbocycles. The van der Waals surface area contributed by atoms with Crippen LogP contribution in [0.25, 0.3) is 0 Å². The molecule has 0 aliphatic heterocycles. The van der Waals surface area contributed by atoms with E-state index in [4.69, 9.17) is 16.3 Å². The predicted octanol–water partition coefficient (Wildman–Crippen LogP) is 5.25. The molecule has 3 aromatic carbocycles. The van der Waals surface area contributed by atoms with Crippen LogP contribution in [-0.4, -0.2) is 50.9 Å². The van der Waals surface area contributed by atoms with Gasteiger partial charge in [0, 0.05) is 22.1 Å². The van der Waals surface area contributed by atoms with Crippen molar-refractivity contribution in [3.63, 3.8) is 0 Å². The summed E-state index contributed by atoms with van der Waals surface area (Å²) < 4.78 is 34.7. The SMILES string of the molecule is COc1ccc(S(=O)(=O)N(CC(=O)N(Cc2ccc(Br)cc2)C(C)C(=O)NC(C)C)c2ccc(Cl)cc2)cc1. The molecule has 1 atom stereocenters. The Morgan fingerprint density at radius 3 is 2.08 bits per heavy atom. The van der Waals surface area contributed by atoms with E-state index in [0.29, 0.717) is 10.8 Å². The normalized spacial score (nSPS) is 12.1. The Kier molecular flexibility index (Phi) is 10.4. The van der Waals surface area contributed by atoms with E-state index in [0.717, 1.165) is 14.3 Å². The third-order valence-corrected chi connectivity index (χ3v) is 8.47. The van der Waals surface area contributed by atoms with Crippen molar-refractivity contribution in [2.45, 2.75) is 44.3 Å². The van der Waals surface area contributed by atoms with Gasteiger partial charge in [-0.2, -0.15) is 0 Å². The molecule has 0 radical (unpaired) electrons. The quantitative estimate of drug-likeness (QED) is 0.310. The molecule has 11 heteroatoms. The lowest BCUT2D eigenvalue weighted by Crippen LogP contribution is -2.52. The fraction of sp³-hybridized carbons (Fsp3) is 0.286. The lowest BCUT2D eigenvalue weighted by atomic mass is 10.1. The summed E-state index contributed by atoms with van der Waals surface area (Å²) in [5.74, 6) is -0.392. The highest BCUT2D eigenvalue weighted by Crippen LogP contribution is 2.27. The number of carbonyl (C=O) groups is 2. The largest absolute Gasteiger partial charge is 0.497 e. The molecule has 3 aromatic rings. The van der Waals surface area contributed by atoms with Gasteiger partial charge in [0.25, 0.3) is 10.0 Å². The van der Waals surface area contributed by atoms with Crippen LogP contribution in [0.5, 0.6) is 5.75 Å². The smallest absolute Gasteiger partial charge is 0.264 e. The van der Waals surface area contributed by atoms with E-state index in [-0.39, 0.29) is 29.1 Å². The van der Waals surface area contributed by atoms with Crippen molar-refractivity contribution < 1.29 is 22.7 Å². The van der Waals surface area contributed by atoms with Gasteiger partial charge in [-0.15, -0.1) is 0 Å². The number of rotatable bonds is 11. The van der Waals surface area contributed by atoms with E-state index in [2.05, 4.69) is 21.2 Å². The standard InChI is InChI=1S/C28H31BrClN3O5S/c1-19(2)31-28(35)20(3)32(17-21-5-7-22(29)8-6-21)27(34)18-33(24-11-9-23(30)10-12-24)39(36,37)26-15-13-25(38-4)14-16-26/h5-16,19-20H,17-18H2,1-4H3,(H,31,35). The van der Waals surface area contributed by atoms with Gasteiger partial charge in [-0.25, -0.2) is 8.42 Å². The van der Waals surface area contributed by atoms with Crippen molar-refractivity contribution in [3.8, 4) is 5.75 Å². The first-order valence-electron chi connectivity index (χ1n) is 12.2. The van der Waals surface area contributed by atoms with Crippen molar-refractivity contribution in [3.05, 3.63) is 87.9 Å². The van der Waals surface area contributed by atoms with Gasteiger partial charge in [-0.05, 0) is 87.0 Å². The number of amides is 2. The van der Waals surface area contributed by atoms with E-state index in [9.17, 15) is 18.0 Å². The Balaban J connectivity index is 2.02. The zero-order valence-electron chi connectivity index (χ0n) is 22.1. The molecule has 0 bridgehead atoms. The molecule has 0 fully saturated rings. The van der Waals surface area contributed by atoms with Crippen molar-refractivity contribution in [1.29, 1.82) is 0 Å². The third-order valence-electron chi connectivity index (χ3n) is 5.91. The Bertz CT molecular complexity index is 1380. The van der Waals surface area contributed by atoms with Gasteiger partial charge in [0.1, 0.15) is 18.3 Å². The number of nitrogens with one attached hydrogen (secondary N) is 1. The Hall–Kier alpha value is -3.08. The summed E-state index contributed by atoms with van der Waals surface area (Å²) in [7, 11) is -2.70. The van der Waals surface area contributed by atoms with Crippen LogP contribution in [0, 0.1) is 0 Å². The van der Waals surface area contributed by atoms with Gasteiger partial charge in [0.15, 0.2) is 0 Å². The molecule has 3 rings (SSSR count). The first kappa shape index (κ1) is 30.5. The van der Waals surface area contributed by atoms with E-state index < -0.39 is 28.5 Å². The Morgan fingerprint density at radius 1 is 0.949 bits per heavy atom. The summed E-state index contributed by atoms with van der Waals surface area (Å²) in [6.45, 7) is 4.85. The van der Waals surface area contributed by atoms with Gasteiger partial charge in [0.05, 0.1) is 17.7 Å². The maximum atomic E-state index is 13.9. The molecule has 0 aromatic heterocycles. The summed E-state index contributed by atoms with van der Waals surface area (Å²) in [5, 5.41) is 3.25. The van der Waals surface area contributed by atoms with Crippen LogP contribution in [0.2, 0.25) is 5.02 Å². The average molecular weight is 637 g/mol. The first-order valence-corrected chi connectivity index (χ1v) is 14.8. The second kappa shape index (κ2) is 13.3. The number of benzene rings is 3. The molecule has 39 heavy (non-hydrogen) atoms. The minimum Gasteiger partial charge on any atom is -0.497 e. The summed E-state index contributed by atoms with van der Waals surface area (Å²) >= 11 is 9.45. The fourth-order valence-electron chi connectivity index (χ4n) is 3.79. The number of anilines is 1. The van der Waals surface area contributed by atoms with Gasteiger partial charge >= 0.3 is 0 Å². The summed E-state index contributed by atoms with van der Waals surface area (Å²) in [4.78, 5) is 28.2. The van der Waals surface area contributed by atoms with Crippen LogP contribution in [0.15, 0.2) is 82.2 Å². The molecule has 8 nitrogen and oxygen atoms in total. The summed E-state index contributed by atoms with van der Waals surface area (Å²) in [6.07, 6.45) is 0. The molecule has 0 heterocycles. The molecule has 1 N–H and O–H groups in total. The van der Waals surface area contributed by atoms with Crippen LogP contribution in [0.3, 0.4) is 0 Å². The van der Waals surface area contributed by atoms with Crippen LogP contribution in [-0.2, 0) is 26.2 Å². The summed E-state index contributed by atoms with van der Waals surface area (Å²) in [6, 6.07) is 18.4. The molecule has 208 valence electrons. The van der Waals surface area contributed by atoms with E-state index in [1.807, 2.05) is 38.1 Å². The maximum absolute atomic E-state index is 13.9. The highest BCUT2D eigenvalue weighted by Gasteiger charge is 2.32. The monoisotopic (exact) mass is 635 g/mol. The van der Waals surface area contributed by atoms with Crippen LogP contribution in [0.4, 0.5) is 5.69 Å². The molecule has 2 amide bonds. The molecule has 0 aliphatic rings. The first-order chi connectivity index (χ1) is 18.4. The number of methoxy groups -OCH3 is 1. The third kappa shape index (κ3) is 7.97. The maximum Gasteiger partial charge on any atom is 0.264 e. The van der Waals surface area contributed by atoms with E-state index in [1.165, 1.54) is 48.4 Å². The van der Waals surface area contributed by atoms with Crippen molar-refractivity contribution in [1.82, 2.24) is 10.2 Å². The lowest BCUT2D eigenvalue weighted by Gasteiger charge is -2.32. The number of halogens is 2. The lowest BCUT2D eigenvalue weighted by molar-refractivity contribution is -0.139. The minimum atomic E-state index is -4.18. The van der Waals surface area contributed by atoms with Gasteiger partial charge in [0.2, 0.25) is 11.8 Å². The van der Waals surface area contributed by atoms with Crippen molar-refractivity contribution >= 4 is 55.1 Å². The van der Waals surface area contributed by atoms with Gasteiger partial charge < -0.3 is 15.0 Å². The summed E-state index contributed by atoms with van der Waals surface area (Å²) in [5.41, 5.74) is 1.04. The van der Waals surface area contributed by atoms with Crippen LogP contribution >= 0.6 is 27.5 Å². The predicted molar refractivity (Wildman–Crippen MR) is 156 cm³/mol. The van der Waals surface area contributed by atoms with Gasteiger partial charge in [-0.3, -0.25) is 13.9 Å². The van der Waals surface area contributed by atoms with E-state index in [1.54, 1.807) is 19.1 Å². The van der Waals surface area contributed by atoms with Crippen molar-refractivity contribution in [2.75, 3.05) is 18.0 Å². The Labute approximate surface area is 243 Å². The number of carbonyl (C=O) groups excluding carboxylic acids is 2. The highest BCUT2D eigenvalue weighted by atomic mass is 79.9. The number of ether oxygens (including phenoxy) is 1. The Morgan fingerprint density at radius 2 is 1.54 bits per heavy atom. The van der Waals surface area contributed by atoms with Gasteiger partial charge in [-0.1, -0.05) is 39.7 Å². The van der Waals surface area contributed by atoms with Crippen LogP contribution < -0.4 is 14.4 Å². The zero-order chi connectivity index (χ0) is 28.7. The molecule has 0 spiro atoms.